The molecule has 3 aromatic carbocycles. The monoisotopic (exact) mass is 395 g/mol. The van der Waals surface area contributed by atoms with Gasteiger partial charge >= 0.3 is 5.97 Å². The van der Waals surface area contributed by atoms with E-state index in [1.165, 1.54) is 48.5 Å². The Balaban J connectivity index is 1.94. The fourth-order valence-corrected chi connectivity index (χ4v) is 2.68. The molecule has 0 aliphatic heterocycles. The van der Waals surface area contributed by atoms with Gasteiger partial charge in [0.1, 0.15) is 0 Å². The number of Topliss-reactive ketones (excluding diaryl/α,β-unsaturated/α-hetero) is 1. The number of esters is 1. The summed E-state index contributed by atoms with van der Waals surface area (Å²) < 4.78 is 5.48. The van der Waals surface area contributed by atoms with E-state index in [2.05, 4.69) is 0 Å². The van der Waals surface area contributed by atoms with Gasteiger partial charge < -0.3 is 4.74 Å². The molecule has 0 bridgehead atoms. The van der Waals surface area contributed by atoms with E-state index in [-0.39, 0.29) is 11.3 Å². The lowest BCUT2D eigenvalue weighted by Crippen LogP contribution is -2.20. The summed E-state index contributed by atoms with van der Waals surface area (Å²) in [5.74, 6) is -1.14. The van der Waals surface area contributed by atoms with Crippen LogP contribution in [-0.4, -0.2) is 16.7 Å². The Kier molecular flexibility index (Phi) is 5.81. The minimum atomic E-state index is -1.24. The number of hydrogen-bond acceptors (Lipinski definition) is 5. The van der Waals surface area contributed by atoms with Crippen molar-refractivity contribution in [1.82, 2.24) is 0 Å². The molecule has 0 radical (unpaired) electrons. The maximum absolute atomic E-state index is 13.0. The van der Waals surface area contributed by atoms with Crippen molar-refractivity contribution in [2.45, 2.75) is 6.10 Å². The first kappa shape index (κ1) is 19.3. The number of halogens is 1. The van der Waals surface area contributed by atoms with Crippen LogP contribution in [0.1, 0.15) is 32.4 Å². The summed E-state index contributed by atoms with van der Waals surface area (Å²) in [4.78, 5) is 35.8. The zero-order chi connectivity index (χ0) is 20.1. The number of nitro groups is 1. The molecule has 7 heteroatoms. The van der Waals surface area contributed by atoms with Crippen LogP contribution in [0.3, 0.4) is 0 Å². The van der Waals surface area contributed by atoms with Crippen molar-refractivity contribution in [1.29, 1.82) is 0 Å². The van der Waals surface area contributed by atoms with Gasteiger partial charge in [-0.2, -0.15) is 0 Å². The molecule has 0 heterocycles. The molecule has 6 nitrogen and oxygen atoms in total. The van der Waals surface area contributed by atoms with Gasteiger partial charge in [0.25, 0.3) is 5.69 Å². The van der Waals surface area contributed by atoms with Crippen LogP contribution in [0.5, 0.6) is 0 Å². The minimum absolute atomic E-state index is 0.126. The molecule has 0 aliphatic rings. The van der Waals surface area contributed by atoms with Crippen LogP contribution in [0.25, 0.3) is 0 Å². The van der Waals surface area contributed by atoms with E-state index in [0.717, 1.165) is 0 Å². The van der Waals surface area contributed by atoms with Crippen LogP contribution in [0.4, 0.5) is 5.69 Å². The van der Waals surface area contributed by atoms with Crippen molar-refractivity contribution in [2.24, 2.45) is 0 Å². The summed E-state index contributed by atoms with van der Waals surface area (Å²) in [5.41, 5.74) is 0.799. The van der Waals surface area contributed by atoms with E-state index in [0.29, 0.717) is 16.1 Å². The van der Waals surface area contributed by atoms with Crippen LogP contribution < -0.4 is 0 Å². The van der Waals surface area contributed by atoms with Crippen molar-refractivity contribution in [3.8, 4) is 0 Å². The molecule has 28 heavy (non-hydrogen) atoms. The van der Waals surface area contributed by atoms with Gasteiger partial charge in [-0.05, 0) is 36.4 Å². The molecule has 3 aromatic rings. The van der Waals surface area contributed by atoms with E-state index in [1.54, 1.807) is 30.3 Å². The quantitative estimate of drug-likeness (QED) is 0.253. The summed E-state index contributed by atoms with van der Waals surface area (Å²) in [6, 6.07) is 19.8. The lowest BCUT2D eigenvalue weighted by atomic mass is 9.99. The Morgan fingerprint density at radius 2 is 1.46 bits per heavy atom. The van der Waals surface area contributed by atoms with E-state index in [9.17, 15) is 19.7 Å². The number of carbonyl (C=O) groups excluding carboxylic acids is 2. The second kappa shape index (κ2) is 8.45. The van der Waals surface area contributed by atoms with Crippen molar-refractivity contribution in [3.63, 3.8) is 0 Å². The molecule has 0 saturated heterocycles. The molecule has 3 rings (SSSR count). The first-order valence-electron chi connectivity index (χ1n) is 8.26. The largest absolute Gasteiger partial charge is 0.445 e. The Labute approximate surface area is 165 Å². The lowest BCUT2D eigenvalue weighted by molar-refractivity contribution is -0.384. The van der Waals surface area contributed by atoms with Crippen molar-refractivity contribution in [3.05, 3.63) is 111 Å². The number of benzene rings is 3. The maximum Gasteiger partial charge on any atom is 0.339 e. The van der Waals surface area contributed by atoms with Gasteiger partial charge in [-0.3, -0.25) is 14.9 Å². The highest BCUT2D eigenvalue weighted by molar-refractivity contribution is 6.30. The number of non-ortho nitro benzene ring substituents is 1. The number of nitro benzene ring substituents is 1. The molecule has 140 valence electrons. The number of nitrogens with zero attached hydrogens (tertiary/aromatic N) is 1. The standard InChI is InChI=1S/C21H14ClNO5/c22-17-10-6-16(7-11-17)21(25)28-20(19(24)14-4-2-1-3-5-14)15-8-12-18(13-9-15)23(26)27/h1-13,20H/t20-/m0/s1. The zero-order valence-corrected chi connectivity index (χ0v) is 15.2. The normalized spacial score (nSPS) is 11.5. The van der Waals surface area contributed by atoms with Crippen LogP contribution in [-0.2, 0) is 4.74 Å². The zero-order valence-electron chi connectivity index (χ0n) is 14.4. The molecular formula is C21H14ClNO5. The molecule has 0 saturated carbocycles. The number of carbonyl (C=O) groups is 2. The van der Waals surface area contributed by atoms with E-state index in [4.69, 9.17) is 16.3 Å². The molecule has 0 spiro atoms. The van der Waals surface area contributed by atoms with Gasteiger partial charge in [0.15, 0.2) is 6.10 Å². The first-order valence-corrected chi connectivity index (χ1v) is 8.63. The predicted octanol–water partition coefficient (Wildman–Crippen LogP) is 5.03. The predicted molar refractivity (Wildman–Crippen MR) is 103 cm³/mol. The summed E-state index contributed by atoms with van der Waals surface area (Å²) in [6.07, 6.45) is -1.24. The van der Waals surface area contributed by atoms with Gasteiger partial charge in [-0.25, -0.2) is 4.79 Å². The van der Waals surface area contributed by atoms with Gasteiger partial charge in [0, 0.05) is 28.3 Å². The average molecular weight is 396 g/mol. The number of hydrogen-bond donors (Lipinski definition) is 0. The van der Waals surface area contributed by atoms with E-state index >= 15 is 0 Å². The van der Waals surface area contributed by atoms with Crippen molar-refractivity contribution in [2.75, 3.05) is 0 Å². The SMILES string of the molecule is O=C(O[C@H](C(=O)c1ccccc1)c1ccc([N+](=O)[O-])cc1)c1ccc(Cl)cc1. The molecule has 0 unspecified atom stereocenters. The van der Waals surface area contributed by atoms with Crippen molar-refractivity contribution < 1.29 is 19.2 Å². The van der Waals surface area contributed by atoms with Gasteiger partial charge in [-0.15, -0.1) is 0 Å². The number of rotatable bonds is 6. The molecule has 0 aromatic heterocycles. The van der Waals surface area contributed by atoms with Crippen LogP contribution >= 0.6 is 11.6 Å². The van der Waals surface area contributed by atoms with E-state index < -0.39 is 22.8 Å². The highest BCUT2D eigenvalue weighted by Gasteiger charge is 2.27. The first-order chi connectivity index (χ1) is 13.5. The third-order valence-corrected chi connectivity index (χ3v) is 4.26. The second-order valence-electron chi connectivity index (χ2n) is 5.87. The van der Waals surface area contributed by atoms with Gasteiger partial charge in [-0.1, -0.05) is 41.9 Å². The van der Waals surface area contributed by atoms with Crippen molar-refractivity contribution >= 4 is 29.0 Å². The third-order valence-electron chi connectivity index (χ3n) is 4.01. The van der Waals surface area contributed by atoms with Crippen LogP contribution in [0.2, 0.25) is 5.02 Å². The second-order valence-corrected chi connectivity index (χ2v) is 6.31. The van der Waals surface area contributed by atoms with Crippen LogP contribution in [0, 0.1) is 10.1 Å². The Hall–Kier alpha value is -3.51. The highest BCUT2D eigenvalue weighted by Crippen LogP contribution is 2.26. The molecular weight excluding hydrogens is 382 g/mol. The smallest absolute Gasteiger partial charge is 0.339 e. The third kappa shape index (κ3) is 4.42. The van der Waals surface area contributed by atoms with Crippen LogP contribution in [0.15, 0.2) is 78.9 Å². The van der Waals surface area contributed by atoms with Gasteiger partial charge in [0.2, 0.25) is 5.78 Å². The Morgan fingerprint density at radius 1 is 0.857 bits per heavy atom. The maximum atomic E-state index is 13.0. The number of ketones is 1. The highest BCUT2D eigenvalue weighted by atomic mass is 35.5. The lowest BCUT2D eigenvalue weighted by Gasteiger charge is -2.17. The fraction of sp³-hybridized carbons (Fsp3) is 0.0476. The Morgan fingerprint density at radius 3 is 2.04 bits per heavy atom. The number of ether oxygens (including phenoxy) is 1. The Bertz CT molecular complexity index is 1000. The minimum Gasteiger partial charge on any atom is -0.445 e. The molecule has 0 aliphatic carbocycles. The summed E-state index contributed by atoms with van der Waals surface area (Å²) in [5, 5.41) is 11.3. The van der Waals surface area contributed by atoms with E-state index in [1.807, 2.05) is 0 Å². The topological polar surface area (TPSA) is 86.5 Å². The molecule has 0 amide bonds. The average Bonchev–Trinajstić information content (AvgIpc) is 2.72. The summed E-state index contributed by atoms with van der Waals surface area (Å²) in [7, 11) is 0. The molecule has 0 fully saturated rings. The molecule has 1 atom stereocenters. The summed E-state index contributed by atoms with van der Waals surface area (Å²) in [6.45, 7) is 0. The molecule has 0 N–H and O–H groups in total. The van der Waals surface area contributed by atoms with Gasteiger partial charge in [0.05, 0.1) is 10.5 Å². The fourth-order valence-electron chi connectivity index (χ4n) is 2.56. The summed E-state index contributed by atoms with van der Waals surface area (Å²) >= 11 is 5.83.